The number of anilines is 2. The number of nitrogens with one attached hydrogen (secondary N) is 2. The standard InChI is InChI=1S/C22H16N4O2/c1-12-3-2-4-14(9-12)24-21-20-19(16-11-23-8-7-17(16)25-20)15-6-5-13(22(27)28)10-18(15)26-21/h2-11,25H,1H3,(H,24,26)(H,27,28). The third-order valence-electron chi connectivity index (χ3n) is 4.86. The summed E-state index contributed by atoms with van der Waals surface area (Å²) in [5.41, 5.74) is 4.69. The molecule has 5 rings (SSSR count). The summed E-state index contributed by atoms with van der Waals surface area (Å²) in [5, 5.41) is 15.6. The second kappa shape index (κ2) is 6.06. The van der Waals surface area contributed by atoms with Crippen LogP contribution in [0.15, 0.2) is 60.9 Å². The highest BCUT2D eigenvalue weighted by Gasteiger charge is 2.16. The lowest BCUT2D eigenvalue weighted by Gasteiger charge is -2.10. The highest BCUT2D eigenvalue weighted by Crippen LogP contribution is 2.36. The molecule has 136 valence electrons. The number of aromatic amines is 1. The van der Waals surface area contributed by atoms with Crippen LogP contribution in [-0.4, -0.2) is 26.0 Å². The lowest BCUT2D eigenvalue weighted by molar-refractivity contribution is 0.0697. The van der Waals surface area contributed by atoms with Gasteiger partial charge in [0.1, 0.15) is 0 Å². The lowest BCUT2D eigenvalue weighted by Crippen LogP contribution is -1.99. The van der Waals surface area contributed by atoms with E-state index >= 15 is 0 Å². The summed E-state index contributed by atoms with van der Waals surface area (Å²) in [5.74, 6) is -0.329. The molecule has 2 aromatic carbocycles. The number of pyridine rings is 2. The first-order valence-corrected chi connectivity index (χ1v) is 8.86. The fourth-order valence-corrected chi connectivity index (χ4v) is 3.59. The number of aryl methyl sites for hydroxylation is 1. The van der Waals surface area contributed by atoms with E-state index in [1.165, 1.54) is 0 Å². The molecule has 0 saturated heterocycles. The van der Waals surface area contributed by atoms with E-state index in [0.29, 0.717) is 11.3 Å². The Balaban J connectivity index is 1.85. The molecule has 0 unspecified atom stereocenters. The number of aromatic nitrogens is 3. The van der Waals surface area contributed by atoms with Crippen molar-refractivity contribution in [3.05, 3.63) is 72.1 Å². The average molecular weight is 368 g/mol. The summed E-state index contributed by atoms with van der Waals surface area (Å²) in [7, 11) is 0. The average Bonchev–Trinajstić information content (AvgIpc) is 3.08. The van der Waals surface area contributed by atoms with Crippen molar-refractivity contribution < 1.29 is 9.90 Å². The summed E-state index contributed by atoms with van der Waals surface area (Å²) in [6.07, 6.45) is 3.55. The topological polar surface area (TPSA) is 90.9 Å². The van der Waals surface area contributed by atoms with Gasteiger partial charge in [-0.3, -0.25) is 4.98 Å². The zero-order valence-corrected chi connectivity index (χ0v) is 15.0. The summed E-state index contributed by atoms with van der Waals surface area (Å²) in [4.78, 5) is 23.9. The van der Waals surface area contributed by atoms with E-state index in [2.05, 4.69) is 15.3 Å². The van der Waals surface area contributed by atoms with Crippen molar-refractivity contribution in [2.24, 2.45) is 0 Å². The Kier molecular flexibility index (Phi) is 3.52. The molecule has 0 aliphatic carbocycles. The molecule has 0 atom stereocenters. The first kappa shape index (κ1) is 16.3. The monoisotopic (exact) mass is 368 g/mol. The Labute approximate surface area is 159 Å². The second-order valence-electron chi connectivity index (χ2n) is 6.79. The van der Waals surface area contributed by atoms with Crippen molar-refractivity contribution in [3.63, 3.8) is 0 Å². The van der Waals surface area contributed by atoms with Crippen LogP contribution in [0.2, 0.25) is 0 Å². The Bertz CT molecular complexity index is 1390. The number of carboxylic acids is 1. The Hall–Kier alpha value is -3.93. The van der Waals surface area contributed by atoms with Gasteiger partial charge in [0.25, 0.3) is 0 Å². The molecule has 3 aromatic heterocycles. The number of H-pyrrole nitrogens is 1. The smallest absolute Gasteiger partial charge is 0.335 e. The molecule has 28 heavy (non-hydrogen) atoms. The molecule has 0 bridgehead atoms. The fourth-order valence-electron chi connectivity index (χ4n) is 3.59. The predicted octanol–water partition coefficient (Wildman–Crippen LogP) is 5.01. The van der Waals surface area contributed by atoms with Crippen LogP contribution in [0, 0.1) is 6.92 Å². The van der Waals surface area contributed by atoms with Gasteiger partial charge in [0.15, 0.2) is 5.82 Å². The zero-order chi connectivity index (χ0) is 19.3. The van der Waals surface area contributed by atoms with Crippen molar-refractivity contribution in [2.75, 3.05) is 5.32 Å². The molecule has 3 N–H and O–H groups in total. The first-order valence-electron chi connectivity index (χ1n) is 8.86. The predicted molar refractivity (Wildman–Crippen MR) is 110 cm³/mol. The molecular formula is C22H16N4O2. The maximum absolute atomic E-state index is 11.4. The van der Waals surface area contributed by atoms with Crippen LogP contribution in [-0.2, 0) is 0 Å². The quantitative estimate of drug-likeness (QED) is 0.416. The number of aromatic carboxylic acids is 1. The Morgan fingerprint density at radius 2 is 2.00 bits per heavy atom. The van der Waals surface area contributed by atoms with Crippen molar-refractivity contribution in [2.45, 2.75) is 6.92 Å². The van der Waals surface area contributed by atoms with Gasteiger partial charge in [-0.05, 0) is 42.8 Å². The normalized spacial score (nSPS) is 11.3. The molecule has 0 fully saturated rings. The number of hydrogen-bond acceptors (Lipinski definition) is 4. The molecule has 0 amide bonds. The molecule has 3 heterocycles. The zero-order valence-electron chi connectivity index (χ0n) is 15.0. The Morgan fingerprint density at radius 1 is 1.11 bits per heavy atom. The molecule has 0 saturated carbocycles. The van der Waals surface area contributed by atoms with Crippen LogP contribution in [0.25, 0.3) is 32.7 Å². The highest BCUT2D eigenvalue weighted by atomic mass is 16.4. The number of benzene rings is 2. The molecule has 5 aromatic rings. The van der Waals surface area contributed by atoms with Crippen molar-refractivity contribution in [3.8, 4) is 0 Å². The molecule has 6 heteroatoms. The number of nitrogens with zero attached hydrogens (tertiary/aromatic N) is 2. The fraction of sp³-hybridized carbons (Fsp3) is 0.0455. The van der Waals surface area contributed by atoms with Gasteiger partial charge in [0, 0.05) is 39.8 Å². The van der Waals surface area contributed by atoms with E-state index in [0.717, 1.165) is 38.4 Å². The molecule has 0 radical (unpaired) electrons. The van der Waals surface area contributed by atoms with Crippen LogP contribution in [0.3, 0.4) is 0 Å². The van der Waals surface area contributed by atoms with Crippen molar-refractivity contribution >= 4 is 50.2 Å². The van der Waals surface area contributed by atoms with Gasteiger partial charge in [-0.25, -0.2) is 9.78 Å². The van der Waals surface area contributed by atoms with Crippen LogP contribution in [0.5, 0.6) is 0 Å². The van der Waals surface area contributed by atoms with Gasteiger partial charge in [0.05, 0.1) is 16.6 Å². The molecule has 0 aliphatic rings. The SMILES string of the molecule is Cc1cccc(Nc2nc3cc(C(=O)O)ccc3c3c2[nH]c2ccncc23)c1. The number of hydrogen-bond donors (Lipinski definition) is 3. The van der Waals surface area contributed by atoms with Crippen molar-refractivity contribution in [1.82, 2.24) is 15.0 Å². The van der Waals surface area contributed by atoms with Gasteiger partial charge in [-0.2, -0.15) is 0 Å². The molecule has 0 aliphatic heterocycles. The summed E-state index contributed by atoms with van der Waals surface area (Å²) < 4.78 is 0. The summed E-state index contributed by atoms with van der Waals surface area (Å²) in [6, 6.07) is 15.0. The van der Waals surface area contributed by atoms with Gasteiger partial charge in [0.2, 0.25) is 0 Å². The number of rotatable bonds is 3. The Morgan fingerprint density at radius 3 is 2.82 bits per heavy atom. The highest BCUT2D eigenvalue weighted by molar-refractivity contribution is 6.22. The van der Waals surface area contributed by atoms with Crippen LogP contribution < -0.4 is 5.32 Å². The van der Waals surface area contributed by atoms with E-state index in [1.54, 1.807) is 18.3 Å². The first-order chi connectivity index (χ1) is 13.6. The van der Waals surface area contributed by atoms with Gasteiger partial charge in [-0.1, -0.05) is 18.2 Å². The van der Waals surface area contributed by atoms with Gasteiger partial charge in [-0.15, -0.1) is 0 Å². The lowest BCUT2D eigenvalue weighted by atomic mass is 10.1. The van der Waals surface area contributed by atoms with E-state index in [1.807, 2.05) is 49.5 Å². The van der Waals surface area contributed by atoms with Gasteiger partial charge >= 0.3 is 5.97 Å². The van der Waals surface area contributed by atoms with E-state index in [4.69, 9.17) is 4.98 Å². The largest absolute Gasteiger partial charge is 0.478 e. The van der Waals surface area contributed by atoms with Crippen LogP contribution in [0.4, 0.5) is 11.5 Å². The summed E-state index contributed by atoms with van der Waals surface area (Å²) >= 11 is 0. The number of fused-ring (bicyclic) bond motifs is 5. The molecular weight excluding hydrogens is 352 g/mol. The van der Waals surface area contributed by atoms with Crippen LogP contribution >= 0.6 is 0 Å². The minimum absolute atomic E-state index is 0.207. The maximum Gasteiger partial charge on any atom is 0.335 e. The van der Waals surface area contributed by atoms with E-state index in [9.17, 15) is 9.90 Å². The van der Waals surface area contributed by atoms with Crippen molar-refractivity contribution in [1.29, 1.82) is 0 Å². The third kappa shape index (κ3) is 2.54. The minimum atomic E-state index is -0.974. The van der Waals surface area contributed by atoms with E-state index < -0.39 is 5.97 Å². The van der Waals surface area contributed by atoms with Crippen LogP contribution in [0.1, 0.15) is 15.9 Å². The maximum atomic E-state index is 11.4. The number of carbonyl (C=O) groups is 1. The second-order valence-corrected chi connectivity index (χ2v) is 6.79. The number of carboxylic acid groups (broad SMARTS) is 1. The molecule has 6 nitrogen and oxygen atoms in total. The third-order valence-corrected chi connectivity index (χ3v) is 4.86. The van der Waals surface area contributed by atoms with E-state index in [-0.39, 0.29) is 5.56 Å². The van der Waals surface area contributed by atoms with Gasteiger partial charge < -0.3 is 15.4 Å². The summed E-state index contributed by atoms with van der Waals surface area (Å²) in [6.45, 7) is 2.03. The molecule has 0 spiro atoms. The minimum Gasteiger partial charge on any atom is -0.478 e.